The van der Waals surface area contributed by atoms with Crippen LogP contribution in [0.2, 0.25) is 0 Å². The molecule has 0 radical (unpaired) electrons. The van der Waals surface area contributed by atoms with Crippen molar-refractivity contribution in [3.8, 4) is 0 Å². The molecule has 4 atom stereocenters. The largest absolute Gasteiger partial charge is 0.550 e. The van der Waals surface area contributed by atoms with E-state index in [2.05, 4.69) is 0 Å². The number of carboxylic acid groups (broad SMARTS) is 1. The van der Waals surface area contributed by atoms with Gasteiger partial charge in [0.15, 0.2) is 0 Å². The van der Waals surface area contributed by atoms with Crippen molar-refractivity contribution in [2.75, 3.05) is 0 Å². The average Bonchev–Trinajstić information content (AvgIpc) is 2.46. The molecule has 0 heterocycles. The second-order valence-corrected chi connectivity index (χ2v) is 4.88. The van der Waals surface area contributed by atoms with Crippen LogP contribution in [0.3, 0.4) is 0 Å². The maximum Gasteiger partial charge on any atom is 0.139 e. The summed E-state index contributed by atoms with van der Waals surface area (Å²) in [6.45, 7) is 0. The van der Waals surface area contributed by atoms with Crippen LogP contribution in [-0.2, 0) is 9.59 Å². The van der Waals surface area contributed by atoms with E-state index in [1.54, 1.807) is 0 Å². The summed E-state index contributed by atoms with van der Waals surface area (Å²) in [5, 5.41) is 11.0. The molecule has 4 saturated carbocycles. The fourth-order valence-electron chi connectivity index (χ4n) is 3.75. The zero-order valence-electron chi connectivity index (χ0n) is 7.29. The van der Waals surface area contributed by atoms with Gasteiger partial charge in [0.25, 0.3) is 0 Å². The average molecular weight is 179 g/mol. The Labute approximate surface area is 76.1 Å². The quantitative estimate of drug-likeness (QED) is 0.557. The van der Waals surface area contributed by atoms with E-state index in [0.29, 0.717) is 31.0 Å². The minimum absolute atomic E-state index is 0.0513. The standard InChI is InChI=1S/C10H12O3/c11-8-6-1-5-2-10(3-6,9(12)13)4-7(5)8/h5-7H,1-4H2,(H,12,13)/p-1. The first-order valence-electron chi connectivity index (χ1n) is 4.87. The molecular weight excluding hydrogens is 168 g/mol. The van der Waals surface area contributed by atoms with Crippen LogP contribution < -0.4 is 5.11 Å². The number of Topliss-reactive ketones (excluding diaryl/α,β-unsaturated/α-hetero) is 1. The van der Waals surface area contributed by atoms with Gasteiger partial charge in [0.1, 0.15) is 5.78 Å². The predicted molar refractivity (Wildman–Crippen MR) is 41.4 cm³/mol. The second-order valence-electron chi connectivity index (χ2n) is 4.88. The fourth-order valence-corrected chi connectivity index (χ4v) is 3.75. The molecule has 3 heteroatoms. The van der Waals surface area contributed by atoms with Gasteiger partial charge in [-0.3, -0.25) is 4.79 Å². The number of carboxylic acids is 1. The van der Waals surface area contributed by atoms with E-state index >= 15 is 0 Å². The molecule has 0 aliphatic heterocycles. The van der Waals surface area contributed by atoms with Crippen molar-refractivity contribution >= 4 is 11.8 Å². The molecule has 4 aliphatic carbocycles. The number of hydrogen-bond donors (Lipinski definition) is 0. The molecule has 0 amide bonds. The minimum Gasteiger partial charge on any atom is -0.550 e. The van der Waals surface area contributed by atoms with Crippen LogP contribution in [0.25, 0.3) is 0 Å². The highest BCUT2D eigenvalue weighted by molar-refractivity contribution is 5.91. The number of carbonyl (C=O) groups is 2. The van der Waals surface area contributed by atoms with Crippen LogP contribution in [0, 0.1) is 23.2 Å². The molecule has 4 bridgehead atoms. The third kappa shape index (κ3) is 0.713. The summed E-state index contributed by atoms with van der Waals surface area (Å²) in [6.07, 6.45) is 2.76. The van der Waals surface area contributed by atoms with Gasteiger partial charge in [0.2, 0.25) is 0 Å². The Morgan fingerprint density at radius 2 is 2.15 bits per heavy atom. The van der Waals surface area contributed by atoms with E-state index in [9.17, 15) is 14.7 Å². The SMILES string of the molecule is O=C1C2CC3CC(C(=O)[O-])(C2)CC13. The lowest BCUT2D eigenvalue weighted by molar-refractivity contribution is -0.321. The van der Waals surface area contributed by atoms with Gasteiger partial charge in [0, 0.05) is 23.2 Å². The highest BCUT2D eigenvalue weighted by Crippen LogP contribution is 2.62. The third-order valence-corrected chi connectivity index (χ3v) is 4.26. The molecule has 4 unspecified atom stereocenters. The molecule has 4 rings (SSSR count). The van der Waals surface area contributed by atoms with Crippen molar-refractivity contribution in [1.29, 1.82) is 0 Å². The van der Waals surface area contributed by atoms with Gasteiger partial charge in [-0.15, -0.1) is 0 Å². The highest BCUT2D eigenvalue weighted by atomic mass is 16.4. The van der Waals surface area contributed by atoms with Gasteiger partial charge in [-0.1, -0.05) is 0 Å². The monoisotopic (exact) mass is 179 g/mol. The molecule has 3 nitrogen and oxygen atoms in total. The molecule has 4 aliphatic rings. The molecule has 4 fully saturated rings. The summed E-state index contributed by atoms with van der Waals surface area (Å²) in [6, 6.07) is 0. The van der Waals surface area contributed by atoms with E-state index in [-0.39, 0.29) is 11.8 Å². The number of hydrogen-bond acceptors (Lipinski definition) is 3. The normalized spacial score (nSPS) is 51.7. The molecule has 0 saturated heterocycles. The Bertz CT molecular complexity index is 305. The summed E-state index contributed by atoms with van der Waals surface area (Å²) in [4.78, 5) is 22.6. The number of rotatable bonds is 1. The van der Waals surface area contributed by atoms with Crippen molar-refractivity contribution in [2.45, 2.75) is 25.7 Å². The summed E-state index contributed by atoms with van der Waals surface area (Å²) < 4.78 is 0. The Morgan fingerprint density at radius 3 is 2.69 bits per heavy atom. The second kappa shape index (κ2) is 1.97. The van der Waals surface area contributed by atoms with Gasteiger partial charge in [-0.25, -0.2) is 0 Å². The van der Waals surface area contributed by atoms with E-state index in [1.807, 2.05) is 0 Å². The maximum absolute atomic E-state index is 11.6. The number of aliphatic carboxylic acids is 1. The van der Waals surface area contributed by atoms with Crippen molar-refractivity contribution in [3.63, 3.8) is 0 Å². The molecule has 0 N–H and O–H groups in total. The first-order chi connectivity index (χ1) is 6.12. The van der Waals surface area contributed by atoms with Crippen LogP contribution in [0.4, 0.5) is 0 Å². The van der Waals surface area contributed by atoms with Crippen LogP contribution in [-0.4, -0.2) is 11.8 Å². The third-order valence-electron chi connectivity index (χ3n) is 4.26. The topological polar surface area (TPSA) is 57.2 Å². The smallest absolute Gasteiger partial charge is 0.139 e. The van der Waals surface area contributed by atoms with E-state index in [4.69, 9.17) is 0 Å². The summed E-state index contributed by atoms with van der Waals surface area (Å²) in [5.74, 6) is -0.104. The van der Waals surface area contributed by atoms with Crippen LogP contribution >= 0.6 is 0 Å². The molecule has 13 heavy (non-hydrogen) atoms. The van der Waals surface area contributed by atoms with Gasteiger partial charge < -0.3 is 9.90 Å². The minimum atomic E-state index is -0.919. The summed E-state index contributed by atoms with van der Waals surface area (Å²) >= 11 is 0. The first kappa shape index (κ1) is 7.54. The van der Waals surface area contributed by atoms with Crippen molar-refractivity contribution in [3.05, 3.63) is 0 Å². The Balaban J connectivity index is 2.02. The summed E-state index contributed by atoms with van der Waals surface area (Å²) in [5.41, 5.74) is -0.619. The van der Waals surface area contributed by atoms with E-state index < -0.39 is 11.4 Å². The summed E-state index contributed by atoms with van der Waals surface area (Å²) in [7, 11) is 0. The van der Waals surface area contributed by atoms with Gasteiger partial charge >= 0.3 is 0 Å². The Morgan fingerprint density at radius 1 is 1.38 bits per heavy atom. The van der Waals surface area contributed by atoms with Gasteiger partial charge in [0.05, 0.1) is 0 Å². The van der Waals surface area contributed by atoms with Crippen molar-refractivity contribution in [1.82, 2.24) is 0 Å². The van der Waals surface area contributed by atoms with Crippen LogP contribution in [0.5, 0.6) is 0 Å². The molecule has 70 valence electrons. The van der Waals surface area contributed by atoms with Gasteiger partial charge in [-0.05, 0) is 31.6 Å². The maximum atomic E-state index is 11.6. The lowest BCUT2D eigenvalue weighted by atomic mass is 9.69. The zero-order valence-corrected chi connectivity index (χ0v) is 7.29. The predicted octanol–water partition coefficient (Wildman–Crippen LogP) is -0.258. The first-order valence-corrected chi connectivity index (χ1v) is 4.87. The van der Waals surface area contributed by atoms with Crippen molar-refractivity contribution in [2.24, 2.45) is 23.2 Å². The van der Waals surface area contributed by atoms with E-state index in [0.717, 1.165) is 6.42 Å². The van der Waals surface area contributed by atoms with Crippen LogP contribution in [0.15, 0.2) is 0 Å². The number of ketones is 1. The van der Waals surface area contributed by atoms with Crippen molar-refractivity contribution < 1.29 is 14.7 Å². The molecule has 0 aromatic carbocycles. The number of carbonyl (C=O) groups excluding carboxylic acids is 2. The lowest BCUT2D eigenvalue weighted by Gasteiger charge is -2.38. The lowest BCUT2D eigenvalue weighted by Crippen LogP contribution is -2.46. The van der Waals surface area contributed by atoms with E-state index in [1.165, 1.54) is 0 Å². The Hall–Kier alpha value is -0.860. The Kier molecular flexibility index (Phi) is 1.14. The molecule has 0 aromatic rings. The fraction of sp³-hybridized carbons (Fsp3) is 0.800. The highest BCUT2D eigenvalue weighted by Gasteiger charge is 2.60. The van der Waals surface area contributed by atoms with Crippen LogP contribution in [0.1, 0.15) is 25.7 Å². The molecule has 0 spiro atoms. The molecular formula is C10H11O3-. The zero-order chi connectivity index (χ0) is 9.22. The molecule has 0 aromatic heterocycles. The van der Waals surface area contributed by atoms with Gasteiger partial charge in [-0.2, -0.15) is 0 Å².